The van der Waals surface area contributed by atoms with E-state index in [0.717, 1.165) is 25.7 Å². The summed E-state index contributed by atoms with van der Waals surface area (Å²) in [6, 6.07) is 0.847. The highest BCUT2D eigenvalue weighted by Gasteiger charge is 2.27. The Bertz CT molecular complexity index is 472. The standard InChI is InChI=1S/C13H13BrF3NO/c14-8-3-1-2-4-11(8)18-13(19)12-9(16)5-7(15)6-10(12)17/h5-6,8,11H,1-4H2,(H,18,19). The molecule has 1 aromatic carbocycles. The van der Waals surface area contributed by atoms with E-state index in [0.29, 0.717) is 12.1 Å². The van der Waals surface area contributed by atoms with Crippen LogP contribution in [0.5, 0.6) is 0 Å². The van der Waals surface area contributed by atoms with Crippen molar-refractivity contribution in [1.29, 1.82) is 0 Å². The number of nitrogens with one attached hydrogen (secondary N) is 1. The molecule has 2 rings (SSSR count). The Kier molecular flexibility index (Phi) is 4.50. The SMILES string of the molecule is O=C(NC1CCCCC1Br)c1c(F)cc(F)cc1F. The van der Waals surface area contributed by atoms with Gasteiger partial charge in [-0.25, -0.2) is 13.2 Å². The number of rotatable bonds is 2. The number of hydrogen-bond donors (Lipinski definition) is 1. The highest BCUT2D eigenvalue weighted by Crippen LogP contribution is 2.25. The van der Waals surface area contributed by atoms with Crippen LogP contribution in [0.3, 0.4) is 0 Å². The van der Waals surface area contributed by atoms with Gasteiger partial charge in [-0.15, -0.1) is 0 Å². The molecule has 1 aliphatic carbocycles. The molecule has 0 aliphatic heterocycles. The van der Waals surface area contributed by atoms with E-state index in [1.165, 1.54) is 0 Å². The van der Waals surface area contributed by atoms with E-state index in [4.69, 9.17) is 0 Å². The normalized spacial score (nSPS) is 23.2. The summed E-state index contributed by atoms with van der Waals surface area (Å²) in [5.74, 6) is -4.25. The zero-order valence-corrected chi connectivity index (χ0v) is 11.6. The summed E-state index contributed by atoms with van der Waals surface area (Å²) >= 11 is 3.44. The minimum Gasteiger partial charge on any atom is -0.348 e. The Morgan fingerprint density at radius 1 is 1.16 bits per heavy atom. The van der Waals surface area contributed by atoms with Gasteiger partial charge in [0.2, 0.25) is 0 Å². The molecule has 1 fully saturated rings. The van der Waals surface area contributed by atoms with Crippen molar-refractivity contribution in [1.82, 2.24) is 5.32 Å². The van der Waals surface area contributed by atoms with Gasteiger partial charge in [0, 0.05) is 23.0 Å². The molecule has 1 saturated carbocycles. The third kappa shape index (κ3) is 3.29. The van der Waals surface area contributed by atoms with Crippen molar-refractivity contribution in [3.8, 4) is 0 Å². The van der Waals surface area contributed by atoms with E-state index in [1.807, 2.05) is 0 Å². The fourth-order valence-electron chi connectivity index (χ4n) is 2.25. The molecule has 2 atom stereocenters. The van der Waals surface area contributed by atoms with Gasteiger partial charge in [0.1, 0.15) is 23.0 Å². The van der Waals surface area contributed by atoms with Crippen molar-refractivity contribution in [3.63, 3.8) is 0 Å². The zero-order chi connectivity index (χ0) is 14.0. The van der Waals surface area contributed by atoms with Crippen LogP contribution in [0.4, 0.5) is 13.2 Å². The Hall–Kier alpha value is -1.04. The van der Waals surface area contributed by atoms with Gasteiger partial charge in [0.05, 0.1) is 0 Å². The van der Waals surface area contributed by atoms with Crippen LogP contribution in [-0.2, 0) is 0 Å². The summed E-state index contributed by atoms with van der Waals surface area (Å²) in [7, 11) is 0. The van der Waals surface area contributed by atoms with Gasteiger partial charge in [0.25, 0.3) is 5.91 Å². The topological polar surface area (TPSA) is 29.1 Å². The molecule has 0 bridgehead atoms. The lowest BCUT2D eigenvalue weighted by Crippen LogP contribution is -2.43. The third-order valence-corrected chi connectivity index (χ3v) is 4.33. The maximum atomic E-state index is 13.5. The first-order valence-electron chi connectivity index (χ1n) is 6.08. The lowest BCUT2D eigenvalue weighted by Gasteiger charge is -2.28. The molecule has 2 unspecified atom stereocenters. The fourth-order valence-corrected chi connectivity index (χ4v) is 2.97. The van der Waals surface area contributed by atoms with Crippen LogP contribution in [0.2, 0.25) is 0 Å². The highest BCUT2D eigenvalue weighted by molar-refractivity contribution is 9.09. The molecule has 2 nitrogen and oxygen atoms in total. The summed E-state index contributed by atoms with van der Waals surface area (Å²) < 4.78 is 39.7. The molecule has 1 amide bonds. The Morgan fingerprint density at radius 2 is 1.74 bits per heavy atom. The van der Waals surface area contributed by atoms with Crippen molar-refractivity contribution < 1.29 is 18.0 Å². The number of alkyl halides is 1. The molecule has 1 aliphatic rings. The number of benzene rings is 1. The summed E-state index contributed by atoms with van der Waals surface area (Å²) in [4.78, 5) is 12.0. The zero-order valence-electron chi connectivity index (χ0n) is 10.1. The van der Waals surface area contributed by atoms with Crippen LogP contribution >= 0.6 is 15.9 Å². The van der Waals surface area contributed by atoms with E-state index in [1.54, 1.807) is 0 Å². The second-order valence-electron chi connectivity index (χ2n) is 4.62. The Balaban J connectivity index is 2.16. The van der Waals surface area contributed by atoms with Gasteiger partial charge in [-0.3, -0.25) is 4.79 Å². The van der Waals surface area contributed by atoms with E-state index in [9.17, 15) is 18.0 Å². The Labute approximate surface area is 117 Å². The fraction of sp³-hybridized carbons (Fsp3) is 0.462. The van der Waals surface area contributed by atoms with Crippen LogP contribution in [-0.4, -0.2) is 16.8 Å². The lowest BCUT2D eigenvalue weighted by atomic mass is 9.95. The molecular formula is C13H13BrF3NO. The maximum absolute atomic E-state index is 13.5. The van der Waals surface area contributed by atoms with Gasteiger partial charge >= 0.3 is 0 Å². The van der Waals surface area contributed by atoms with E-state index in [2.05, 4.69) is 21.2 Å². The minimum atomic E-state index is -1.18. The minimum absolute atomic E-state index is 0.0942. The molecule has 0 spiro atoms. The monoisotopic (exact) mass is 335 g/mol. The first-order chi connectivity index (χ1) is 8.99. The molecule has 6 heteroatoms. The molecule has 19 heavy (non-hydrogen) atoms. The number of hydrogen-bond acceptors (Lipinski definition) is 1. The van der Waals surface area contributed by atoms with Crippen molar-refractivity contribution in [2.75, 3.05) is 0 Å². The summed E-state index contributed by atoms with van der Waals surface area (Å²) in [6.07, 6.45) is 3.68. The average molecular weight is 336 g/mol. The van der Waals surface area contributed by atoms with E-state index >= 15 is 0 Å². The third-order valence-electron chi connectivity index (χ3n) is 3.23. The smallest absolute Gasteiger partial charge is 0.257 e. The first-order valence-corrected chi connectivity index (χ1v) is 7.00. The number of carbonyl (C=O) groups excluding carboxylic acids is 1. The van der Waals surface area contributed by atoms with Gasteiger partial charge in [0.15, 0.2) is 0 Å². The number of carbonyl (C=O) groups is 1. The molecule has 0 radical (unpaired) electrons. The molecule has 1 N–H and O–H groups in total. The van der Waals surface area contributed by atoms with Crippen LogP contribution in [0.15, 0.2) is 12.1 Å². The number of halogens is 4. The van der Waals surface area contributed by atoms with Crippen LogP contribution in [0.1, 0.15) is 36.0 Å². The van der Waals surface area contributed by atoms with Gasteiger partial charge < -0.3 is 5.32 Å². The van der Waals surface area contributed by atoms with Crippen molar-refractivity contribution >= 4 is 21.8 Å². The molecular weight excluding hydrogens is 323 g/mol. The quantitative estimate of drug-likeness (QED) is 0.823. The van der Waals surface area contributed by atoms with Crippen molar-refractivity contribution in [3.05, 3.63) is 35.1 Å². The molecule has 0 heterocycles. The molecule has 0 saturated heterocycles. The summed E-state index contributed by atoms with van der Waals surface area (Å²) in [5.41, 5.74) is -0.730. The van der Waals surface area contributed by atoms with Crippen molar-refractivity contribution in [2.45, 2.75) is 36.6 Å². The largest absolute Gasteiger partial charge is 0.348 e. The molecule has 104 valence electrons. The van der Waals surface area contributed by atoms with Crippen LogP contribution < -0.4 is 5.32 Å². The number of amides is 1. The second kappa shape index (κ2) is 5.94. The summed E-state index contributed by atoms with van der Waals surface area (Å²) in [5, 5.41) is 2.60. The van der Waals surface area contributed by atoms with Crippen LogP contribution in [0.25, 0.3) is 0 Å². The predicted molar refractivity (Wildman–Crippen MR) is 68.8 cm³/mol. The first kappa shape index (κ1) is 14.4. The molecule has 1 aromatic rings. The van der Waals surface area contributed by atoms with Gasteiger partial charge in [-0.2, -0.15) is 0 Å². The Morgan fingerprint density at radius 3 is 2.32 bits per heavy atom. The molecule has 0 aromatic heterocycles. The summed E-state index contributed by atoms with van der Waals surface area (Å²) in [6.45, 7) is 0. The van der Waals surface area contributed by atoms with Crippen molar-refractivity contribution in [2.24, 2.45) is 0 Å². The second-order valence-corrected chi connectivity index (χ2v) is 5.80. The maximum Gasteiger partial charge on any atom is 0.257 e. The van der Waals surface area contributed by atoms with E-state index in [-0.39, 0.29) is 10.9 Å². The highest BCUT2D eigenvalue weighted by atomic mass is 79.9. The predicted octanol–water partition coefficient (Wildman–Crippen LogP) is 3.54. The van der Waals surface area contributed by atoms with E-state index < -0.39 is 28.9 Å². The van der Waals surface area contributed by atoms with Crippen LogP contribution in [0, 0.1) is 17.5 Å². The van der Waals surface area contributed by atoms with Gasteiger partial charge in [-0.1, -0.05) is 28.8 Å². The average Bonchev–Trinajstić information content (AvgIpc) is 2.30. The lowest BCUT2D eigenvalue weighted by molar-refractivity contribution is 0.0921. The van der Waals surface area contributed by atoms with Gasteiger partial charge in [-0.05, 0) is 12.8 Å².